The maximum Gasteiger partial charge on any atom is 0.274 e. The van der Waals surface area contributed by atoms with Crippen LogP contribution in [-0.2, 0) is 0 Å². The van der Waals surface area contributed by atoms with E-state index in [-0.39, 0.29) is 17.2 Å². The Kier molecular flexibility index (Phi) is 4.87. The van der Waals surface area contributed by atoms with Crippen molar-refractivity contribution in [3.63, 3.8) is 0 Å². The average Bonchev–Trinajstić information content (AvgIpc) is 2.35. The first-order valence-corrected chi connectivity index (χ1v) is 5.93. The van der Waals surface area contributed by atoms with E-state index in [1.165, 1.54) is 12.1 Å². The van der Waals surface area contributed by atoms with E-state index in [1.54, 1.807) is 4.90 Å². The van der Waals surface area contributed by atoms with Crippen LogP contribution in [0.2, 0.25) is 0 Å². The molecular formula is C12H19N3O2. The molecule has 1 atom stereocenters. The van der Waals surface area contributed by atoms with Crippen molar-refractivity contribution in [2.24, 2.45) is 5.92 Å². The largest absolute Gasteiger partial charge is 0.337 e. The molecule has 1 amide bonds. The van der Waals surface area contributed by atoms with Crippen LogP contribution in [0.5, 0.6) is 0 Å². The second-order valence-corrected chi connectivity index (χ2v) is 4.16. The molecule has 0 saturated carbocycles. The molecule has 0 aliphatic heterocycles. The summed E-state index contributed by atoms with van der Waals surface area (Å²) in [7, 11) is 0. The second-order valence-electron chi connectivity index (χ2n) is 4.16. The Hall–Kier alpha value is -1.65. The number of aromatic amines is 1. The highest BCUT2D eigenvalue weighted by Gasteiger charge is 2.17. The van der Waals surface area contributed by atoms with E-state index in [2.05, 4.69) is 24.0 Å². The Morgan fingerprint density at radius 3 is 2.65 bits per heavy atom. The summed E-state index contributed by atoms with van der Waals surface area (Å²) in [6.07, 6.45) is 1.03. The van der Waals surface area contributed by atoms with Gasteiger partial charge in [0.1, 0.15) is 5.69 Å². The first kappa shape index (κ1) is 13.4. The highest BCUT2D eigenvalue weighted by molar-refractivity contribution is 5.92. The van der Waals surface area contributed by atoms with Crippen LogP contribution < -0.4 is 5.56 Å². The molecule has 94 valence electrons. The lowest BCUT2D eigenvalue weighted by Gasteiger charge is -2.23. The van der Waals surface area contributed by atoms with E-state index in [9.17, 15) is 9.59 Å². The Morgan fingerprint density at radius 2 is 2.18 bits per heavy atom. The van der Waals surface area contributed by atoms with Gasteiger partial charge in [-0.15, -0.1) is 0 Å². The van der Waals surface area contributed by atoms with E-state index >= 15 is 0 Å². The van der Waals surface area contributed by atoms with Gasteiger partial charge in [0.05, 0.1) is 0 Å². The van der Waals surface area contributed by atoms with Crippen LogP contribution in [0.4, 0.5) is 0 Å². The number of H-pyrrole nitrogens is 1. The molecule has 0 aromatic carbocycles. The van der Waals surface area contributed by atoms with Crippen LogP contribution in [0.15, 0.2) is 16.9 Å². The predicted octanol–water partition coefficient (Wildman–Crippen LogP) is 1.28. The zero-order valence-electron chi connectivity index (χ0n) is 10.6. The van der Waals surface area contributed by atoms with Crippen LogP contribution in [0.25, 0.3) is 0 Å². The molecule has 1 aromatic heterocycles. The zero-order chi connectivity index (χ0) is 12.8. The fourth-order valence-electron chi connectivity index (χ4n) is 1.49. The van der Waals surface area contributed by atoms with E-state index in [4.69, 9.17) is 0 Å². The third kappa shape index (κ3) is 3.69. The highest BCUT2D eigenvalue weighted by Crippen LogP contribution is 2.07. The Bertz CT molecular complexity index is 408. The molecule has 5 nitrogen and oxygen atoms in total. The van der Waals surface area contributed by atoms with Crippen LogP contribution >= 0.6 is 0 Å². The van der Waals surface area contributed by atoms with Gasteiger partial charge in [-0.25, -0.2) is 5.10 Å². The molecule has 0 radical (unpaired) electrons. The van der Waals surface area contributed by atoms with Gasteiger partial charge in [0.15, 0.2) is 0 Å². The molecule has 0 aliphatic carbocycles. The molecular weight excluding hydrogens is 218 g/mol. The summed E-state index contributed by atoms with van der Waals surface area (Å²) in [6, 6.07) is 2.78. The van der Waals surface area contributed by atoms with Crippen molar-refractivity contribution in [1.82, 2.24) is 15.1 Å². The Labute approximate surface area is 101 Å². The molecule has 0 aliphatic rings. The molecule has 1 heterocycles. The normalized spacial score (nSPS) is 12.2. The van der Waals surface area contributed by atoms with E-state index in [0.29, 0.717) is 19.0 Å². The fourth-order valence-corrected chi connectivity index (χ4v) is 1.49. The maximum atomic E-state index is 12.1. The third-order valence-electron chi connectivity index (χ3n) is 2.80. The summed E-state index contributed by atoms with van der Waals surface area (Å²) in [6.45, 7) is 7.50. The van der Waals surface area contributed by atoms with E-state index in [1.807, 2.05) is 6.92 Å². The van der Waals surface area contributed by atoms with Gasteiger partial charge in [0.2, 0.25) is 0 Å². The number of rotatable bonds is 5. The molecule has 0 saturated heterocycles. The van der Waals surface area contributed by atoms with Crippen molar-refractivity contribution in [2.75, 3.05) is 13.1 Å². The topological polar surface area (TPSA) is 66.1 Å². The molecule has 1 rings (SSSR count). The van der Waals surface area contributed by atoms with Crippen molar-refractivity contribution in [1.29, 1.82) is 0 Å². The lowest BCUT2D eigenvalue weighted by molar-refractivity contribution is 0.0733. The number of carbonyl (C=O) groups is 1. The lowest BCUT2D eigenvalue weighted by Crippen LogP contribution is -2.35. The van der Waals surface area contributed by atoms with Gasteiger partial charge >= 0.3 is 0 Å². The zero-order valence-corrected chi connectivity index (χ0v) is 10.6. The number of hydrogen-bond acceptors (Lipinski definition) is 3. The summed E-state index contributed by atoms with van der Waals surface area (Å²) in [5.41, 5.74) is -0.0127. The number of aromatic nitrogens is 2. The van der Waals surface area contributed by atoms with Gasteiger partial charge < -0.3 is 4.90 Å². The van der Waals surface area contributed by atoms with Gasteiger partial charge in [-0.1, -0.05) is 20.3 Å². The van der Waals surface area contributed by atoms with Crippen molar-refractivity contribution in [2.45, 2.75) is 27.2 Å². The number of amides is 1. The van der Waals surface area contributed by atoms with Gasteiger partial charge in [0.25, 0.3) is 11.5 Å². The van der Waals surface area contributed by atoms with Gasteiger partial charge in [-0.2, -0.15) is 5.10 Å². The van der Waals surface area contributed by atoms with E-state index < -0.39 is 0 Å². The van der Waals surface area contributed by atoms with Crippen molar-refractivity contribution in [3.05, 3.63) is 28.2 Å². The van der Waals surface area contributed by atoms with Crippen molar-refractivity contribution >= 4 is 5.91 Å². The van der Waals surface area contributed by atoms with Crippen LogP contribution in [0.1, 0.15) is 37.7 Å². The molecule has 1 unspecified atom stereocenters. The quantitative estimate of drug-likeness (QED) is 0.838. The molecule has 1 aromatic rings. The monoisotopic (exact) mass is 237 g/mol. The average molecular weight is 237 g/mol. The van der Waals surface area contributed by atoms with E-state index in [0.717, 1.165) is 6.42 Å². The molecule has 0 fully saturated rings. The molecule has 0 spiro atoms. The summed E-state index contributed by atoms with van der Waals surface area (Å²) >= 11 is 0. The smallest absolute Gasteiger partial charge is 0.274 e. The second kappa shape index (κ2) is 6.18. The number of carbonyl (C=O) groups excluding carboxylic acids is 1. The van der Waals surface area contributed by atoms with Gasteiger partial charge in [-0.3, -0.25) is 9.59 Å². The number of hydrogen-bond donors (Lipinski definition) is 1. The van der Waals surface area contributed by atoms with Crippen molar-refractivity contribution < 1.29 is 4.79 Å². The highest BCUT2D eigenvalue weighted by atomic mass is 16.2. The standard InChI is InChI=1S/C12H19N3O2/c1-4-9(3)8-15(5-2)12(17)10-6-7-11(16)14-13-10/h6-7,9H,4-5,8H2,1-3H3,(H,14,16). The molecule has 5 heteroatoms. The lowest BCUT2D eigenvalue weighted by atomic mass is 10.1. The van der Waals surface area contributed by atoms with Crippen molar-refractivity contribution in [3.8, 4) is 0 Å². The minimum Gasteiger partial charge on any atom is -0.337 e. The Morgan fingerprint density at radius 1 is 1.47 bits per heavy atom. The summed E-state index contributed by atoms with van der Waals surface area (Å²) in [4.78, 5) is 24.7. The third-order valence-corrected chi connectivity index (χ3v) is 2.80. The van der Waals surface area contributed by atoms with Crippen LogP contribution in [0.3, 0.4) is 0 Å². The SMILES string of the molecule is CCC(C)CN(CC)C(=O)c1ccc(=O)[nH]n1. The molecule has 1 N–H and O–H groups in total. The van der Waals surface area contributed by atoms with Crippen LogP contribution in [-0.4, -0.2) is 34.1 Å². The first-order chi connectivity index (χ1) is 8.08. The fraction of sp³-hybridized carbons (Fsp3) is 0.583. The maximum absolute atomic E-state index is 12.1. The van der Waals surface area contributed by atoms with Crippen LogP contribution in [0, 0.1) is 5.92 Å². The minimum absolute atomic E-state index is 0.135. The number of nitrogens with one attached hydrogen (secondary N) is 1. The summed E-state index contributed by atoms with van der Waals surface area (Å²) < 4.78 is 0. The van der Waals surface area contributed by atoms with Gasteiger partial charge in [-0.05, 0) is 18.9 Å². The summed E-state index contributed by atoms with van der Waals surface area (Å²) in [5.74, 6) is 0.325. The number of nitrogens with zero attached hydrogens (tertiary/aromatic N) is 2. The predicted molar refractivity (Wildman–Crippen MR) is 65.9 cm³/mol. The molecule has 0 bridgehead atoms. The summed E-state index contributed by atoms with van der Waals surface area (Å²) in [5, 5.41) is 6.03. The van der Waals surface area contributed by atoms with Gasteiger partial charge in [0, 0.05) is 19.2 Å². The Balaban J connectivity index is 2.78. The molecule has 17 heavy (non-hydrogen) atoms. The first-order valence-electron chi connectivity index (χ1n) is 5.93. The minimum atomic E-state index is -0.300.